The zero-order valence-electron chi connectivity index (χ0n) is 16.9. The topological polar surface area (TPSA) is 45.4 Å². The van der Waals surface area contributed by atoms with E-state index in [2.05, 4.69) is 5.16 Å². The van der Waals surface area contributed by atoms with E-state index in [1.165, 1.54) is 39.0 Å². The summed E-state index contributed by atoms with van der Waals surface area (Å²) in [6, 6.07) is 8.14. The Hall–Kier alpha value is -2.67. The van der Waals surface area contributed by atoms with Gasteiger partial charge in [-0.1, -0.05) is 17.3 Å². The molecular formula is C22H14F6N2OS. The first-order valence-electron chi connectivity index (χ1n) is 9.52. The number of hydrogen-bond acceptors (Lipinski definition) is 4. The first-order chi connectivity index (χ1) is 14.7. The fourth-order valence-corrected chi connectivity index (χ4v) is 6.32. The number of allylic oxidation sites excluding steroid dienone is 3. The van der Waals surface area contributed by atoms with Gasteiger partial charge in [-0.2, -0.15) is 31.6 Å². The molecule has 0 aromatic heterocycles. The predicted octanol–water partition coefficient (Wildman–Crippen LogP) is 6.10. The molecule has 1 saturated carbocycles. The molecule has 0 spiro atoms. The molecule has 0 amide bonds. The summed E-state index contributed by atoms with van der Waals surface area (Å²) in [5, 5.41) is 12.7. The molecule has 0 N–H and O–H groups in total. The highest BCUT2D eigenvalue weighted by Gasteiger charge is 2.85. The molecule has 1 fully saturated rings. The number of alkyl halides is 6. The Bertz CT molecular complexity index is 1250. The second-order valence-electron chi connectivity index (χ2n) is 8.40. The van der Waals surface area contributed by atoms with Crippen LogP contribution in [0.5, 0.6) is 0 Å². The van der Waals surface area contributed by atoms with Gasteiger partial charge in [-0.05, 0) is 50.1 Å². The SMILES string of the molecule is CC1=NOC2(C)C1=C1C(=C3C=C(c4ccc(C#N)cc4)SC32C)C(F)(F)C(F)(F)C1(F)F. The fraction of sp³-hybridized carbons (Fsp3) is 0.364. The van der Waals surface area contributed by atoms with Crippen molar-refractivity contribution in [3.05, 3.63) is 63.8 Å². The van der Waals surface area contributed by atoms with Gasteiger partial charge < -0.3 is 4.84 Å². The lowest BCUT2D eigenvalue weighted by molar-refractivity contribution is -0.258. The summed E-state index contributed by atoms with van der Waals surface area (Å²) in [7, 11) is 0. The van der Waals surface area contributed by atoms with Crippen LogP contribution < -0.4 is 0 Å². The Kier molecular flexibility index (Phi) is 3.85. The highest BCUT2D eigenvalue weighted by atomic mass is 32.2. The van der Waals surface area contributed by atoms with Crippen molar-refractivity contribution in [2.24, 2.45) is 5.16 Å². The molecule has 32 heavy (non-hydrogen) atoms. The summed E-state index contributed by atoms with van der Waals surface area (Å²) in [6.45, 7) is 4.18. The number of rotatable bonds is 1. The lowest BCUT2D eigenvalue weighted by Gasteiger charge is -2.45. The van der Waals surface area contributed by atoms with Crippen molar-refractivity contribution in [1.82, 2.24) is 0 Å². The number of halogens is 6. The molecule has 10 heteroatoms. The average molecular weight is 468 g/mol. The monoisotopic (exact) mass is 468 g/mol. The molecule has 1 aromatic rings. The van der Waals surface area contributed by atoms with Crippen molar-refractivity contribution in [2.45, 2.75) is 48.9 Å². The largest absolute Gasteiger partial charge is 0.382 e. The van der Waals surface area contributed by atoms with E-state index in [4.69, 9.17) is 10.1 Å². The first-order valence-corrected chi connectivity index (χ1v) is 10.3. The Morgan fingerprint density at radius 1 is 0.938 bits per heavy atom. The molecule has 5 rings (SSSR count). The van der Waals surface area contributed by atoms with E-state index >= 15 is 8.78 Å². The molecule has 2 aliphatic heterocycles. The number of fused-ring (bicyclic) bond motifs is 4. The fourth-order valence-electron chi connectivity index (χ4n) is 4.84. The van der Waals surface area contributed by atoms with Gasteiger partial charge in [-0.3, -0.25) is 0 Å². The molecule has 4 aliphatic rings. The van der Waals surface area contributed by atoms with Crippen molar-refractivity contribution < 1.29 is 31.2 Å². The van der Waals surface area contributed by atoms with E-state index < -0.39 is 44.8 Å². The molecule has 0 bridgehead atoms. The standard InChI is InChI=1S/C22H14F6N2OS/c1-10-15-17-16(20(23,24)22(27,28)21(17,25)26)13-8-14(12-6-4-11(9-29)5-7-12)32-19(13,3)18(15,2)31-30-10/h4-8H,1-3H3. The van der Waals surface area contributed by atoms with Crippen LogP contribution in [0.1, 0.15) is 31.9 Å². The maximum absolute atomic E-state index is 15.0. The van der Waals surface area contributed by atoms with E-state index in [1.807, 2.05) is 6.07 Å². The lowest BCUT2D eigenvalue weighted by Crippen LogP contribution is -2.53. The average Bonchev–Trinajstić information content (AvgIpc) is 3.27. The van der Waals surface area contributed by atoms with E-state index in [0.29, 0.717) is 16.0 Å². The molecule has 0 saturated heterocycles. The second-order valence-corrected chi connectivity index (χ2v) is 9.86. The van der Waals surface area contributed by atoms with Crippen LogP contribution in [0.3, 0.4) is 0 Å². The van der Waals surface area contributed by atoms with Crippen LogP contribution in [0, 0.1) is 11.3 Å². The van der Waals surface area contributed by atoms with Crippen LogP contribution in [0.15, 0.2) is 57.8 Å². The molecule has 2 heterocycles. The Morgan fingerprint density at radius 3 is 2.12 bits per heavy atom. The first kappa shape index (κ1) is 21.2. The molecule has 2 atom stereocenters. The van der Waals surface area contributed by atoms with Gasteiger partial charge in [0.15, 0.2) is 5.60 Å². The minimum atomic E-state index is -5.62. The Morgan fingerprint density at radius 2 is 1.53 bits per heavy atom. The van der Waals surface area contributed by atoms with Gasteiger partial charge in [0, 0.05) is 21.6 Å². The van der Waals surface area contributed by atoms with E-state index in [9.17, 15) is 17.6 Å². The van der Waals surface area contributed by atoms with Crippen molar-refractivity contribution >= 4 is 22.4 Å². The lowest BCUT2D eigenvalue weighted by atomic mass is 9.68. The van der Waals surface area contributed by atoms with Crippen molar-refractivity contribution in [3.8, 4) is 6.07 Å². The zero-order valence-corrected chi connectivity index (χ0v) is 17.7. The van der Waals surface area contributed by atoms with Crippen LogP contribution >= 0.6 is 11.8 Å². The zero-order chi connectivity index (χ0) is 23.5. The highest BCUT2D eigenvalue weighted by Crippen LogP contribution is 2.72. The summed E-state index contributed by atoms with van der Waals surface area (Å²) in [6.07, 6.45) is 1.24. The number of nitriles is 1. The van der Waals surface area contributed by atoms with Crippen LogP contribution in [0.25, 0.3) is 4.91 Å². The Balaban J connectivity index is 1.84. The van der Waals surface area contributed by atoms with Gasteiger partial charge in [-0.25, -0.2) is 0 Å². The van der Waals surface area contributed by atoms with Gasteiger partial charge in [0.25, 0.3) is 0 Å². The number of thioether (sulfide) groups is 1. The Labute approximate surface area is 183 Å². The minimum absolute atomic E-state index is 0.138. The summed E-state index contributed by atoms with van der Waals surface area (Å²) < 4.78 is 87.4. The van der Waals surface area contributed by atoms with Crippen LogP contribution in [-0.4, -0.2) is 33.8 Å². The van der Waals surface area contributed by atoms with Gasteiger partial charge in [0.2, 0.25) is 0 Å². The number of benzene rings is 1. The van der Waals surface area contributed by atoms with Gasteiger partial charge in [-0.15, -0.1) is 11.8 Å². The van der Waals surface area contributed by atoms with Gasteiger partial charge in [0.1, 0.15) is 0 Å². The smallest absolute Gasteiger partial charge is 0.380 e. The molecule has 166 valence electrons. The van der Waals surface area contributed by atoms with Crippen molar-refractivity contribution in [2.75, 3.05) is 0 Å². The second kappa shape index (κ2) is 5.81. The van der Waals surface area contributed by atoms with Crippen molar-refractivity contribution in [1.29, 1.82) is 5.26 Å². The van der Waals surface area contributed by atoms with Gasteiger partial charge in [0.05, 0.1) is 22.1 Å². The summed E-state index contributed by atoms with van der Waals surface area (Å²) in [5.74, 6) is -15.8. The third-order valence-electron chi connectivity index (χ3n) is 6.70. The third-order valence-corrected chi connectivity index (χ3v) is 8.29. The van der Waals surface area contributed by atoms with Crippen molar-refractivity contribution in [3.63, 3.8) is 0 Å². The molecule has 3 nitrogen and oxygen atoms in total. The van der Waals surface area contributed by atoms with Crippen LogP contribution in [0.4, 0.5) is 26.3 Å². The van der Waals surface area contributed by atoms with E-state index in [0.717, 1.165) is 11.8 Å². The molecule has 2 aliphatic carbocycles. The summed E-state index contributed by atoms with van der Waals surface area (Å²) in [5.41, 5.74) is -4.46. The normalized spacial score (nSPS) is 33.1. The molecular weight excluding hydrogens is 454 g/mol. The minimum Gasteiger partial charge on any atom is -0.382 e. The van der Waals surface area contributed by atoms with E-state index in [1.54, 1.807) is 12.1 Å². The van der Waals surface area contributed by atoms with Gasteiger partial charge >= 0.3 is 17.8 Å². The maximum Gasteiger partial charge on any atom is 0.380 e. The summed E-state index contributed by atoms with van der Waals surface area (Å²) in [4.78, 5) is 5.91. The van der Waals surface area contributed by atoms with Crippen LogP contribution in [0.2, 0.25) is 0 Å². The van der Waals surface area contributed by atoms with Crippen LogP contribution in [-0.2, 0) is 4.84 Å². The quantitative estimate of drug-likeness (QED) is 0.468. The molecule has 2 unspecified atom stereocenters. The molecule has 0 radical (unpaired) electrons. The van der Waals surface area contributed by atoms with E-state index in [-0.39, 0.29) is 11.3 Å². The predicted molar refractivity (Wildman–Crippen MR) is 107 cm³/mol. The maximum atomic E-state index is 15.0. The number of nitrogens with zero attached hydrogens (tertiary/aromatic N) is 2. The summed E-state index contributed by atoms with van der Waals surface area (Å²) >= 11 is 1.06. The third kappa shape index (κ3) is 2.08. The number of oxime groups is 1. The highest BCUT2D eigenvalue weighted by molar-refractivity contribution is 8.10. The molecule has 1 aromatic carbocycles. The number of hydrogen-bond donors (Lipinski definition) is 0.